The number of carbonyl (C=O) groups is 2. The van der Waals surface area contributed by atoms with Gasteiger partial charge < -0.3 is 10.4 Å². The zero-order chi connectivity index (χ0) is 34.5. The van der Waals surface area contributed by atoms with E-state index in [1.165, 1.54) is 29.0 Å². The van der Waals surface area contributed by atoms with Crippen LogP contribution < -0.4 is 15.5 Å². The number of hydrogen-bond acceptors (Lipinski definition) is 9. The summed E-state index contributed by atoms with van der Waals surface area (Å²) in [6, 6.07) is 22.6. The van der Waals surface area contributed by atoms with Gasteiger partial charge in [0.25, 0.3) is 11.8 Å². The lowest BCUT2D eigenvalue weighted by molar-refractivity contribution is 0.0950. The maximum absolute atomic E-state index is 12.8. The molecule has 2 aromatic carbocycles. The maximum Gasteiger partial charge on any atom is 0.281 e. The van der Waals surface area contributed by atoms with Gasteiger partial charge in [0, 0.05) is 18.1 Å². The summed E-state index contributed by atoms with van der Waals surface area (Å²) in [6.07, 6.45) is 1.59. The van der Waals surface area contributed by atoms with Crippen molar-refractivity contribution in [3.63, 3.8) is 0 Å². The Kier molecular flexibility index (Phi) is 10.5. The van der Waals surface area contributed by atoms with Crippen LogP contribution in [0.4, 0.5) is 0 Å². The van der Waals surface area contributed by atoms with E-state index in [0.29, 0.717) is 32.3 Å². The lowest BCUT2D eigenvalue weighted by Gasteiger charge is -2.19. The number of benzene rings is 2. The Morgan fingerprint density at radius 1 is 0.896 bits per heavy atom. The Hall–Kier alpha value is -4.69. The number of thiophene rings is 2. The number of aromatic nitrogens is 1. The highest BCUT2D eigenvalue weighted by atomic mass is 32.2. The van der Waals surface area contributed by atoms with E-state index in [2.05, 4.69) is 58.5 Å². The van der Waals surface area contributed by atoms with Gasteiger partial charge in [-0.15, -0.1) is 22.7 Å². The van der Waals surface area contributed by atoms with E-state index < -0.39 is 15.9 Å². The number of sulfonamides is 1. The first-order chi connectivity index (χ1) is 22.8. The van der Waals surface area contributed by atoms with Crippen molar-refractivity contribution in [3.8, 4) is 16.2 Å². The number of hydrazone groups is 1. The van der Waals surface area contributed by atoms with E-state index in [1.54, 1.807) is 61.0 Å². The zero-order valence-electron chi connectivity index (χ0n) is 26.8. The number of nitrogens with zero attached hydrogens (tertiary/aromatic N) is 2. The van der Waals surface area contributed by atoms with Crippen molar-refractivity contribution in [2.75, 3.05) is 0 Å². The molecule has 0 saturated carbocycles. The predicted molar refractivity (Wildman–Crippen MR) is 190 cm³/mol. The van der Waals surface area contributed by atoms with Gasteiger partial charge in [0.2, 0.25) is 10.0 Å². The van der Waals surface area contributed by atoms with Gasteiger partial charge in [0.05, 0.1) is 43.0 Å². The van der Waals surface area contributed by atoms with Crippen molar-refractivity contribution in [2.24, 2.45) is 5.10 Å². The molecule has 0 aliphatic rings. The summed E-state index contributed by atoms with van der Waals surface area (Å²) in [4.78, 5) is 31.1. The lowest BCUT2D eigenvalue weighted by atomic mass is 9.86. The highest BCUT2D eigenvalue weighted by molar-refractivity contribution is 7.89. The summed E-state index contributed by atoms with van der Waals surface area (Å²) >= 11 is 2.41. The van der Waals surface area contributed by atoms with Crippen LogP contribution in [0.3, 0.4) is 0 Å². The Morgan fingerprint density at radius 2 is 1.58 bits per heavy atom. The summed E-state index contributed by atoms with van der Waals surface area (Å²) in [7, 11) is -3.73. The quantitative estimate of drug-likeness (QED) is 0.0920. The molecule has 248 valence electrons. The molecule has 10 nitrogen and oxygen atoms in total. The van der Waals surface area contributed by atoms with Crippen LogP contribution in [-0.4, -0.2) is 36.0 Å². The van der Waals surface area contributed by atoms with Gasteiger partial charge in [-0.3, -0.25) is 14.6 Å². The molecule has 0 bridgehead atoms. The minimum absolute atomic E-state index is 0.0254. The van der Waals surface area contributed by atoms with Crippen molar-refractivity contribution < 1.29 is 23.1 Å². The summed E-state index contributed by atoms with van der Waals surface area (Å²) in [5, 5.41) is 19.7. The number of carbonyl (C=O) groups excluding carboxylic acids is 2. The molecule has 5 rings (SSSR count). The molecule has 0 unspecified atom stereocenters. The third kappa shape index (κ3) is 8.42. The van der Waals surface area contributed by atoms with E-state index in [0.717, 1.165) is 21.8 Å². The average Bonchev–Trinajstić information content (AvgIpc) is 3.73. The molecule has 0 atom stereocenters. The predicted octanol–water partition coefficient (Wildman–Crippen LogP) is 6.44. The van der Waals surface area contributed by atoms with Crippen molar-refractivity contribution in [2.45, 2.75) is 51.1 Å². The number of rotatable bonds is 11. The third-order valence-corrected chi connectivity index (χ3v) is 10.9. The molecule has 0 fully saturated rings. The van der Waals surface area contributed by atoms with E-state index in [1.807, 2.05) is 12.1 Å². The molecule has 0 spiro atoms. The van der Waals surface area contributed by atoms with Gasteiger partial charge in [0.1, 0.15) is 5.75 Å². The first kappa shape index (κ1) is 34.6. The second-order valence-electron chi connectivity index (χ2n) is 11.9. The van der Waals surface area contributed by atoms with Crippen LogP contribution in [-0.2, 0) is 28.5 Å². The lowest BCUT2D eigenvalue weighted by Crippen LogP contribution is -2.24. The summed E-state index contributed by atoms with van der Waals surface area (Å²) in [6.45, 7) is 8.37. The number of aromatic hydroxyl groups is 1. The molecule has 5 aromatic rings. The summed E-state index contributed by atoms with van der Waals surface area (Å²) in [5.74, 6) is -0.763. The molecule has 13 heteroatoms. The number of hydrogen-bond donors (Lipinski definition) is 4. The molecular weight excluding hydrogens is 667 g/mol. The van der Waals surface area contributed by atoms with Crippen LogP contribution in [0, 0.1) is 0 Å². The monoisotopic (exact) mass is 701 g/mol. The van der Waals surface area contributed by atoms with Crippen LogP contribution in [0.25, 0.3) is 10.4 Å². The van der Waals surface area contributed by atoms with Crippen LogP contribution in [0.2, 0.25) is 0 Å². The number of nitrogens with one attached hydrogen (secondary N) is 3. The average molecular weight is 702 g/mol. The molecule has 3 aromatic heterocycles. The fraction of sp³-hybridized carbons (Fsp3) is 0.200. The van der Waals surface area contributed by atoms with Gasteiger partial charge in [-0.2, -0.15) is 5.10 Å². The third-order valence-electron chi connectivity index (χ3n) is 7.40. The molecule has 0 aliphatic heterocycles. The van der Waals surface area contributed by atoms with Gasteiger partial charge in [-0.25, -0.2) is 18.6 Å². The zero-order valence-corrected chi connectivity index (χ0v) is 29.2. The fourth-order valence-corrected chi connectivity index (χ4v) is 7.40. The topological polar surface area (TPSA) is 150 Å². The highest BCUT2D eigenvalue weighted by Gasteiger charge is 2.19. The Balaban J connectivity index is 1.14. The number of amides is 2. The first-order valence-corrected chi connectivity index (χ1v) is 18.1. The number of pyridine rings is 1. The Labute approximate surface area is 287 Å². The van der Waals surface area contributed by atoms with E-state index in [-0.39, 0.29) is 35.1 Å². The Bertz CT molecular complexity index is 2050. The molecular formula is C35H35N5O5S3. The van der Waals surface area contributed by atoms with Crippen LogP contribution in [0.15, 0.2) is 100 Å². The highest BCUT2D eigenvalue weighted by Crippen LogP contribution is 2.39. The second-order valence-corrected chi connectivity index (χ2v) is 15.7. The van der Waals surface area contributed by atoms with Crippen molar-refractivity contribution in [1.82, 2.24) is 20.4 Å². The smallest absolute Gasteiger partial charge is 0.281 e. The summed E-state index contributed by atoms with van der Waals surface area (Å²) < 4.78 is 27.8. The van der Waals surface area contributed by atoms with Gasteiger partial charge >= 0.3 is 0 Å². The molecule has 3 heterocycles. The molecule has 2 amide bonds. The first-order valence-electron chi connectivity index (χ1n) is 14.9. The van der Waals surface area contributed by atoms with Crippen molar-refractivity contribution >= 4 is 50.2 Å². The van der Waals surface area contributed by atoms with E-state index in [9.17, 15) is 23.1 Å². The molecule has 0 saturated heterocycles. The van der Waals surface area contributed by atoms with Gasteiger partial charge in [-0.05, 0) is 65.4 Å². The van der Waals surface area contributed by atoms with Crippen LogP contribution in [0.1, 0.15) is 69.4 Å². The Morgan fingerprint density at radius 3 is 2.23 bits per heavy atom. The fourth-order valence-electron chi connectivity index (χ4n) is 4.58. The SMILES string of the molecule is C/C(=N\NC(=O)c1ccc(C(=O)NCc2ccc(S(=O)(=O)NCc3ccccn3)cc2)s1)c1csc(-c2ccc(C(C)(C)C)cc2)c1O. The molecule has 48 heavy (non-hydrogen) atoms. The molecule has 0 radical (unpaired) electrons. The van der Waals surface area contributed by atoms with Crippen molar-refractivity contribution in [3.05, 3.63) is 123 Å². The van der Waals surface area contributed by atoms with Gasteiger partial charge in [-0.1, -0.05) is 63.2 Å². The van der Waals surface area contributed by atoms with Crippen molar-refractivity contribution in [1.29, 1.82) is 0 Å². The van der Waals surface area contributed by atoms with E-state index in [4.69, 9.17) is 0 Å². The normalized spacial score (nSPS) is 12.1. The van der Waals surface area contributed by atoms with Crippen LogP contribution >= 0.6 is 22.7 Å². The standard InChI is InChI=1S/C35H35N5O5S3/c1-22(28-21-46-32(31(28)41)24-10-12-25(13-11-24)35(2,3)4)39-40-34(43)30-17-16-29(47-30)33(42)37-19-23-8-14-27(15-9-23)48(44,45)38-20-26-7-5-6-18-36-26/h5-18,21,38,41H,19-20H2,1-4H3,(H,37,42)(H,40,43)/b39-22+. The van der Waals surface area contributed by atoms with E-state index >= 15 is 0 Å². The largest absolute Gasteiger partial charge is 0.506 e. The minimum Gasteiger partial charge on any atom is -0.506 e. The molecule has 4 N–H and O–H groups in total. The maximum atomic E-state index is 12.8. The molecule has 0 aliphatic carbocycles. The minimum atomic E-state index is -3.73. The van der Waals surface area contributed by atoms with Gasteiger partial charge in [0.15, 0.2) is 0 Å². The van der Waals surface area contributed by atoms with Crippen LogP contribution in [0.5, 0.6) is 5.75 Å². The summed E-state index contributed by atoms with van der Waals surface area (Å²) in [5.41, 5.74) is 6.89. The second kappa shape index (κ2) is 14.6.